The number of benzene rings is 2. The van der Waals surface area contributed by atoms with Crippen LogP contribution in [0.1, 0.15) is 226 Å². The molecule has 0 spiro atoms. The standard InChI is InChI=1S/C49H82N2/c1-3-5-7-9-10-11-12-13-14-15-16-17-18-19-20-21-22-23-24-25-26-27-28-29-30-31-39-45-49(51-47-42-36-33-37-43-47)48(44-38-8-6-4-2)50-46-40-34-32-35-41-46/h32-37,40-43H,3-31,38-39,44-45H2,1-2H3. The zero-order valence-corrected chi connectivity index (χ0v) is 34.0. The van der Waals surface area contributed by atoms with Crippen LogP contribution in [0.3, 0.4) is 0 Å². The average molecular weight is 699 g/mol. The molecule has 2 aromatic carbocycles. The summed E-state index contributed by atoms with van der Waals surface area (Å²) < 4.78 is 0. The lowest BCUT2D eigenvalue weighted by molar-refractivity contribution is 0.515. The highest BCUT2D eigenvalue weighted by Gasteiger charge is 2.11. The molecule has 0 aromatic heterocycles. The lowest BCUT2D eigenvalue weighted by atomic mass is 10.00. The number of hydrogen-bond acceptors (Lipinski definition) is 2. The van der Waals surface area contributed by atoms with Crippen molar-refractivity contribution in [3.63, 3.8) is 0 Å². The molecule has 0 unspecified atom stereocenters. The summed E-state index contributed by atoms with van der Waals surface area (Å²) in [6.07, 6.45) is 45.8. The van der Waals surface area contributed by atoms with Crippen LogP contribution in [0.4, 0.5) is 11.4 Å². The smallest absolute Gasteiger partial charge is 0.0633 e. The highest BCUT2D eigenvalue weighted by molar-refractivity contribution is 6.43. The SMILES string of the molecule is CCCCCCCCCCCCCCCCCCCCCCCCCCCCCC(=Nc1ccccc1)C(CCCCCC)=Nc1ccccc1. The molecule has 288 valence electrons. The zero-order valence-electron chi connectivity index (χ0n) is 34.0. The first-order valence-electron chi connectivity index (χ1n) is 22.6. The molecule has 2 aromatic rings. The molecule has 0 N–H and O–H groups in total. The molecule has 51 heavy (non-hydrogen) atoms. The van der Waals surface area contributed by atoms with Gasteiger partial charge in [-0.1, -0.05) is 236 Å². The van der Waals surface area contributed by atoms with E-state index < -0.39 is 0 Å². The summed E-state index contributed by atoms with van der Waals surface area (Å²) in [5.74, 6) is 0. The van der Waals surface area contributed by atoms with Crippen LogP contribution in [0.15, 0.2) is 70.6 Å². The van der Waals surface area contributed by atoms with Gasteiger partial charge in [-0.3, -0.25) is 9.98 Å². The van der Waals surface area contributed by atoms with Gasteiger partial charge in [-0.25, -0.2) is 0 Å². The summed E-state index contributed by atoms with van der Waals surface area (Å²) in [4.78, 5) is 10.3. The number of rotatable bonds is 36. The first-order valence-corrected chi connectivity index (χ1v) is 22.6. The minimum absolute atomic E-state index is 1.01. The fraction of sp³-hybridized carbons (Fsp3) is 0.714. The van der Waals surface area contributed by atoms with Crippen molar-refractivity contribution in [2.45, 2.75) is 226 Å². The normalized spacial score (nSPS) is 12.2. The molecule has 0 aliphatic heterocycles. The van der Waals surface area contributed by atoms with Gasteiger partial charge in [0.05, 0.1) is 22.8 Å². The molecule has 0 atom stereocenters. The van der Waals surface area contributed by atoms with E-state index >= 15 is 0 Å². The van der Waals surface area contributed by atoms with Crippen LogP contribution in [0.25, 0.3) is 0 Å². The van der Waals surface area contributed by atoms with E-state index in [-0.39, 0.29) is 0 Å². The van der Waals surface area contributed by atoms with Gasteiger partial charge < -0.3 is 0 Å². The lowest BCUT2D eigenvalue weighted by Gasteiger charge is -2.12. The van der Waals surface area contributed by atoms with Crippen LogP contribution < -0.4 is 0 Å². The molecule has 2 rings (SSSR count). The first kappa shape index (κ1) is 44.9. The molecule has 0 saturated carbocycles. The molecule has 0 saturated heterocycles. The second kappa shape index (κ2) is 34.8. The van der Waals surface area contributed by atoms with Crippen LogP contribution in [-0.2, 0) is 0 Å². The van der Waals surface area contributed by atoms with Crippen molar-refractivity contribution >= 4 is 22.8 Å². The molecular formula is C49H82N2. The quantitative estimate of drug-likeness (QED) is 0.0500. The van der Waals surface area contributed by atoms with E-state index in [0.717, 1.165) is 24.2 Å². The van der Waals surface area contributed by atoms with Crippen LogP contribution in [0, 0.1) is 0 Å². The molecule has 0 heterocycles. The highest BCUT2D eigenvalue weighted by atomic mass is 14.8. The van der Waals surface area contributed by atoms with Crippen molar-refractivity contribution in [2.75, 3.05) is 0 Å². The second-order valence-electron chi connectivity index (χ2n) is 15.5. The summed E-state index contributed by atoms with van der Waals surface area (Å²) >= 11 is 0. The monoisotopic (exact) mass is 699 g/mol. The largest absolute Gasteiger partial charge is 0.252 e. The van der Waals surface area contributed by atoms with E-state index in [1.165, 1.54) is 210 Å². The van der Waals surface area contributed by atoms with E-state index in [1.807, 2.05) is 0 Å². The van der Waals surface area contributed by atoms with Gasteiger partial charge in [-0.15, -0.1) is 0 Å². The van der Waals surface area contributed by atoms with Gasteiger partial charge in [-0.05, 0) is 49.9 Å². The predicted molar refractivity (Wildman–Crippen MR) is 231 cm³/mol. The Morgan fingerprint density at radius 1 is 0.294 bits per heavy atom. The van der Waals surface area contributed by atoms with E-state index in [1.54, 1.807) is 0 Å². The molecule has 2 nitrogen and oxygen atoms in total. The van der Waals surface area contributed by atoms with Gasteiger partial charge >= 0.3 is 0 Å². The number of para-hydroxylation sites is 2. The maximum absolute atomic E-state index is 5.17. The summed E-state index contributed by atoms with van der Waals surface area (Å²) in [5, 5.41) is 0. The Kier molecular flexibility index (Phi) is 30.7. The number of aliphatic imine (C=N–C) groups is 2. The minimum atomic E-state index is 1.01. The lowest BCUT2D eigenvalue weighted by Crippen LogP contribution is -2.14. The summed E-state index contributed by atoms with van der Waals surface area (Å²) in [5.41, 5.74) is 4.48. The van der Waals surface area contributed by atoms with Gasteiger partial charge in [-0.2, -0.15) is 0 Å². The molecular weight excluding hydrogens is 617 g/mol. The van der Waals surface area contributed by atoms with Crippen molar-refractivity contribution in [1.29, 1.82) is 0 Å². The third kappa shape index (κ3) is 27.1. The van der Waals surface area contributed by atoms with Gasteiger partial charge in [0.1, 0.15) is 0 Å². The van der Waals surface area contributed by atoms with E-state index in [0.29, 0.717) is 0 Å². The Hall–Kier alpha value is -2.22. The minimum Gasteiger partial charge on any atom is -0.252 e. The number of hydrogen-bond donors (Lipinski definition) is 0. The van der Waals surface area contributed by atoms with Crippen molar-refractivity contribution in [3.05, 3.63) is 60.7 Å². The molecule has 0 radical (unpaired) electrons. The zero-order chi connectivity index (χ0) is 36.1. The van der Waals surface area contributed by atoms with Crippen molar-refractivity contribution in [2.24, 2.45) is 9.98 Å². The Labute approximate surface area is 318 Å². The Morgan fingerprint density at radius 2 is 0.510 bits per heavy atom. The maximum atomic E-state index is 5.17. The molecule has 0 amide bonds. The molecule has 0 fully saturated rings. The van der Waals surface area contributed by atoms with E-state index in [4.69, 9.17) is 9.98 Å². The maximum Gasteiger partial charge on any atom is 0.0633 e. The van der Waals surface area contributed by atoms with Gasteiger partial charge in [0.25, 0.3) is 0 Å². The summed E-state index contributed by atoms with van der Waals surface area (Å²) in [6, 6.07) is 21.0. The molecule has 2 heteroatoms. The highest BCUT2D eigenvalue weighted by Crippen LogP contribution is 2.21. The van der Waals surface area contributed by atoms with Crippen LogP contribution in [0.2, 0.25) is 0 Å². The van der Waals surface area contributed by atoms with Gasteiger partial charge in [0.15, 0.2) is 0 Å². The first-order chi connectivity index (χ1) is 25.3. The predicted octanol–water partition coefficient (Wildman–Crippen LogP) is 17.4. The van der Waals surface area contributed by atoms with Gasteiger partial charge in [0, 0.05) is 0 Å². The number of nitrogens with zero attached hydrogens (tertiary/aromatic N) is 2. The summed E-state index contributed by atoms with van der Waals surface area (Å²) in [6.45, 7) is 4.59. The van der Waals surface area contributed by atoms with E-state index in [9.17, 15) is 0 Å². The Balaban J connectivity index is 1.47. The van der Waals surface area contributed by atoms with E-state index in [2.05, 4.69) is 74.5 Å². The fourth-order valence-electron chi connectivity index (χ4n) is 7.35. The molecule has 0 aliphatic carbocycles. The van der Waals surface area contributed by atoms with Gasteiger partial charge in [0.2, 0.25) is 0 Å². The summed E-state index contributed by atoms with van der Waals surface area (Å²) in [7, 11) is 0. The van der Waals surface area contributed by atoms with Crippen LogP contribution in [0.5, 0.6) is 0 Å². The van der Waals surface area contributed by atoms with Crippen molar-refractivity contribution in [3.8, 4) is 0 Å². The number of unbranched alkanes of at least 4 members (excludes halogenated alkanes) is 29. The average Bonchev–Trinajstić information content (AvgIpc) is 3.16. The molecule has 0 bridgehead atoms. The third-order valence-electron chi connectivity index (χ3n) is 10.7. The Bertz CT molecular complexity index is 1060. The third-order valence-corrected chi connectivity index (χ3v) is 10.7. The van der Waals surface area contributed by atoms with Crippen molar-refractivity contribution in [1.82, 2.24) is 0 Å². The van der Waals surface area contributed by atoms with Crippen LogP contribution in [-0.4, -0.2) is 11.4 Å². The topological polar surface area (TPSA) is 24.7 Å². The second-order valence-corrected chi connectivity index (χ2v) is 15.5. The Morgan fingerprint density at radius 3 is 0.765 bits per heavy atom. The van der Waals surface area contributed by atoms with Crippen LogP contribution >= 0.6 is 0 Å². The fourth-order valence-corrected chi connectivity index (χ4v) is 7.35. The van der Waals surface area contributed by atoms with Crippen molar-refractivity contribution < 1.29 is 0 Å². The molecule has 0 aliphatic rings.